The predicted octanol–water partition coefficient (Wildman–Crippen LogP) is 2.63. The second-order valence-corrected chi connectivity index (χ2v) is 4.93. The van der Waals surface area contributed by atoms with Crippen LogP contribution in [0.25, 0.3) is 11.0 Å². The lowest BCUT2D eigenvalue weighted by atomic mass is 10.2. The van der Waals surface area contributed by atoms with Gasteiger partial charge in [-0.3, -0.25) is 4.79 Å². The monoisotopic (exact) mass is 283 g/mol. The third-order valence-corrected chi connectivity index (χ3v) is 3.53. The van der Waals surface area contributed by atoms with Crippen LogP contribution in [0.1, 0.15) is 21.6 Å². The van der Waals surface area contributed by atoms with Gasteiger partial charge in [-0.2, -0.15) is 0 Å². The van der Waals surface area contributed by atoms with E-state index in [9.17, 15) is 9.18 Å². The summed E-state index contributed by atoms with van der Waals surface area (Å²) in [5, 5.41) is 0.878. The summed E-state index contributed by atoms with van der Waals surface area (Å²) in [7, 11) is 0. The Labute approximate surface area is 121 Å². The fourth-order valence-electron chi connectivity index (χ4n) is 2.63. The van der Waals surface area contributed by atoms with E-state index < -0.39 is 5.91 Å². The molecule has 0 atom stereocenters. The molecule has 2 aromatic heterocycles. The number of rotatable bonds is 3. The van der Waals surface area contributed by atoms with Crippen LogP contribution in [-0.4, -0.2) is 15.5 Å². The molecule has 0 unspecified atom stereocenters. The van der Waals surface area contributed by atoms with E-state index in [-0.39, 0.29) is 5.82 Å². The van der Waals surface area contributed by atoms with Crippen molar-refractivity contribution in [2.75, 3.05) is 0 Å². The fraction of sp³-hybridized carbons (Fsp3) is 0.125. The zero-order chi connectivity index (χ0) is 15.0. The number of nitrogens with two attached hydrogens (primary N) is 1. The van der Waals surface area contributed by atoms with Gasteiger partial charge in [-0.15, -0.1) is 0 Å². The largest absolute Gasteiger partial charge is 0.364 e. The molecule has 1 amide bonds. The van der Waals surface area contributed by atoms with E-state index >= 15 is 0 Å². The van der Waals surface area contributed by atoms with Crippen LogP contribution >= 0.6 is 0 Å². The summed E-state index contributed by atoms with van der Waals surface area (Å²) in [6.07, 6.45) is 1.66. The number of amides is 1. The van der Waals surface area contributed by atoms with Gasteiger partial charge in [0.2, 0.25) is 0 Å². The van der Waals surface area contributed by atoms with Gasteiger partial charge in [0.05, 0.1) is 0 Å². The lowest BCUT2D eigenvalue weighted by molar-refractivity contribution is 0.0991. The molecule has 0 fully saturated rings. The summed E-state index contributed by atoms with van der Waals surface area (Å²) in [5.74, 6) is -0.823. The van der Waals surface area contributed by atoms with Gasteiger partial charge >= 0.3 is 0 Å². The minimum atomic E-state index is -0.512. The van der Waals surface area contributed by atoms with Gasteiger partial charge in [-0.1, -0.05) is 12.1 Å². The molecule has 0 saturated carbocycles. The van der Waals surface area contributed by atoms with Gasteiger partial charge in [-0.05, 0) is 42.3 Å². The number of pyridine rings is 1. The third-order valence-electron chi connectivity index (χ3n) is 3.53. The third kappa shape index (κ3) is 2.27. The number of aryl methyl sites for hydroxylation is 1. The Morgan fingerprint density at radius 3 is 2.86 bits per heavy atom. The molecule has 21 heavy (non-hydrogen) atoms. The molecule has 0 spiro atoms. The van der Waals surface area contributed by atoms with Crippen LogP contribution in [0.15, 0.2) is 42.6 Å². The molecule has 5 heteroatoms. The number of benzene rings is 1. The number of halogens is 1. The first-order chi connectivity index (χ1) is 10.1. The first-order valence-electron chi connectivity index (χ1n) is 6.56. The van der Waals surface area contributed by atoms with E-state index in [1.807, 2.05) is 19.1 Å². The number of fused-ring (bicyclic) bond motifs is 1. The molecular formula is C16H14FN3O. The number of nitrogens with zero attached hydrogens (tertiary/aromatic N) is 2. The zero-order valence-corrected chi connectivity index (χ0v) is 11.5. The lowest BCUT2D eigenvalue weighted by Crippen LogP contribution is -2.18. The Morgan fingerprint density at radius 2 is 2.14 bits per heavy atom. The predicted molar refractivity (Wildman–Crippen MR) is 78.5 cm³/mol. The van der Waals surface area contributed by atoms with Crippen molar-refractivity contribution in [3.63, 3.8) is 0 Å². The zero-order valence-electron chi connectivity index (χ0n) is 11.5. The van der Waals surface area contributed by atoms with E-state index in [1.54, 1.807) is 22.9 Å². The summed E-state index contributed by atoms with van der Waals surface area (Å²) in [6, 6.07) is 9.97. The average molecular weight is 283 g/mol. The minimum absolute atomic E-state index is 0.311. The highest BCUT2D eigenvalue weighted by Crippen LogP contribution is 2.24. The molecule has 0 aliphatic heterocycles. The van der Waals surface area contributed by atoms with E-state index in [0.29, 0.717) is 17.9 Å². The molecule has 4 nitrogen and oxygen atoms in total. The summed E-state index contributed by atoms with van der Waals surface area (Å²) in [6.45, 7) is 2.18. The lowest BCUT2D eigenvalue weighted by Gasteiger charge is -2.09. The number of aromatic nitrogens is 2. The molecule has 1 aromatic carbocycles. The van der Waals surface area contributed by atoms with Gasteiger partial charge < -0.3 is 10.3 Å². The Bertz CT molecular complexity index is 839. The maximum atomic E-state index is 13.3. The van der Waals surface area contributed by atoms with Gasteiger partial charge in [-0.25, -0.2) is 9.37 Å². The maximum absolute atomic E-state index is 13.3. The molecule has 3 rings (SSSR count). The van der Waals surface area contributed by atoms with Crippen LogP contribution in [0, 0.1) is 12.7 Å². The smallest absolute Gasteiger partial charge is 0.265 e. The molecule has 106 valence electrons. The second kappa shape index (κ2) is 5.01. The number of carbonyl (C=O) groups excluding carboxylic acids is 1. The highest BCUT2D eigenvalue weighted by molar-refractivity contribution is 5.99. The number of carbonyl (C=O) groups is 1. The SMILES string of the molecule is Cc1c(C(N)=O)n(Cc2cccc(F)c2)c2ncccc12. The Hall–Kier alpha value is -2.69. The molecule has 2 heterocycles. The van der Waals surface area contributed by atoms with E-state index in [1.165, 1.54) is 12.1 Å². The van der Waals surface area contributed by atoms with E-state index in [4.69, 9.17) is 5.73 Å². The van der Waals surface area contributed by atoms with E-state index in [2.05, 4.69) is 4.98 Å². The number of hydrogen-bond acceptors (Lipinski definition) is 2. The van der Waals surface area contributed by atoms with Crippen LogP contribution in [0.5, 0.6) is 0 Å². The van der Waals surface area contributed by atoms with Gasteiger partial charge in [0.1, 0.15) is 17.2 Å². The van der Waals surface area contributed by atoms with Crippen molar-refractivity contribution in [2.45, 2.75) is 13.5 Å². The van der Waals surface area contributed by atoms with Gasteiger partial charge in [0.15, 0.2) is 0 Å². The summed E-state index contributed by atoms with van der Waals surface area (Å²) < 4.78 is 15.1. The Kier molecular flexibility index (Phi) is 3.17. The van der Waals surface area contributed by atoms with Crippen molar-refractivity contribution in [1.82, 2.24) is 9.55 Å². The van der Waals surface area contributed by atoms with Crippen LogP contribution in [0.4, 0.5) is 4.39 Å². The standard InChI is InChI=1S/C16H14FN3O/c1-10-13-6-3-7-19-16(13)20(14(10)15(18)21)9-11-4-2-5-12(17)8-11/h2-8H,9H2,1H3,(H2,18,21). The van der Waals surface area contributed by atoms with Crippen LogP contribution in [0.3, 0.4) is 0 Å². The maximum Gasteiger partial charge on any atom is 0.265 e. The Balaban J connectivity index is 2.21. The van der Waals surface area contributed by atoms with Gasteiger partial charge in [0, 0.05) is 18.1 Å². The first kappa shape index (κ1) is 13.3. The molecule has 0 radical (unpaired) electrons. The normalized spacial score (nSPS) is 11.0. The van der Waals surface area contributed by atoms with Crippen LogP contribution < -0.4 is 5.73 Å². The summed E-state index contributed by atoms with van der Waals surface area (Å²) in [4.78, 5) is 16.1. The fourth-order valence-corrected chi connectivity index (χ4v) is 2.63. The van der Waals surface area contributed by atoms with Crippen molar-refractivity contribution in [1.29, 1.82) is 0 Å². The van der Waals surface area contributed by atoms with Crippen LogP contribution in [-0.2, 0) is 6.54 Å². The van der Waals surface area contributed by atoms with Crippen molar-refractivity contribution in [3.05, 3.63) is 65.2 Å². The first-order valence-corrected chi connectivity index (χ1v) is 6.56. The highest BCUT2D eigenvalue weighted by Gasteiger charge is 2.19. The molecule has 3 aromatic rings. The molecule has 0 aliphatic rings. The molecule has 0 saturated heterocycles. The Morgan fingerprint density at radius 1 is 1.33 bits per heavy atom. The summed E-state index contributed by atoms with van der Waals surface area (Å²) in [5.41, 5.74) is 8.13. The van der Waals surface area contributed by atoms with Crippen molar-refractivity contribution < 1.29 is 9.18 Å². The van der Waals surface area contributed by atoms with Gasteiger partial charge in [0.25, 0.3) is 5.91 Å². The average Bonchev–Trinajstić information content (AvgIpc) is 2.73. The molecule has 0 aliphatic carbocycles. The van der Waals surface area contributed by atoms with E-state index in [0.717, 1.165) is 16.5 Å². The second-order valence-electron chi connectivity index (χ2n) is 4.93. The van der Waals surface area contributed by atoms with Crippen molar-refractivity contribution >= 4 is 16.9 Å². The quantitative estimate of drug-likeness (QED) is 0.803. The molecular weight excluding hydrogens is 269 g/mol. The summed E-state index contributed by atoms with van der Waals surface area (Å²) >= 11 is 0. The van der Waals surface area contributed by atoms with Crippen LogP contribution in [0.2, 0.25) is 0 Å². The number of hydrogen-bond donors (Lipinski definition) is 1. The highest BCUT2D eigenvalue weighted by atomic mass is 19.1. The van der Waals surface area contributed by atoms with Crippen molar-refractivity contribution in [2.24, 2.45) is 5.73 Å². The molecule has 2 N–H and O–H groups in total. The minimum Gasteiger partial charge on any atom is -0.364 e. The number of primary amides is 1. The molecule has 0 bridgehead atoms. The topological polar surface area (TPSA) is 60.9 Å². The van der Waals surface area contributed by atoms with Crippen molar-refractivity contribution in [3.8, 4) is 0 Å².